The Labute approximate surface area is 173 Å². The van der Waals surface area contributed by atoms with Gasteiger partial charge in [-0.15, -0.1) is 0 Å². The van der Waals surface area contributed by atoms with Gasteiger partial charge in [0.1, 0.15) is 0 Å². The van der Waals surface area contributed by atoms with E-state index in [0.29, 0.717) is 17.2 Å². The molecule has 0 aromatic heterocycles. The maximum atomic E-state index is 12.6. The van der Waals surface area contributed by atoms with Crippen molar-refractivity contribution in [2.24, 2.45) is 11.8 Å². The topological polar surface area (TPSA) is 66.5 Å². The summed E-state index contributed by atoms with van der Waals surface area (Å²) in [5.74, 6) is 1.33. The molecule has 0 saturated heterocycles. The average molecular weight is 413 g/mol. The second-order valence-corrected chi connectivity index (χ2v) is 10.4. The average Bonchev–Trinajstić information content (AvgIpc) is 3.30. The van der Waals surface area contributed by atoms with Crippen LogP contribution in [0.2, 0.25) is 0 Å². The fraction of sp³-hybridized carbons (Fsp3) is 0.435. The number of amides is 1. The van der Waals surface area contributed by atoms with E-state index >= 15 is 0 Å². The Kier molecular flexibility index (Phi) is 5.38. The van der Waals surface area contributed by atoms with Crippen molar-refractivity contribution in [3.8, 4) is 0 Å². The second kappa shape index (κ2) is 7.82. The van der Waals surface area contributed by atoms with E-state index in [9.17, 15) is 13.2 Å². The fourth-order valence-electron chi connectivity index (χ4n) is 4.79. The number of fused-ring (bicyclic) bond motifs is 2. The number of hydrogen-bond donors (Lipinski definition) is 1. The van der Waals surface area contributed by atoms with Gasteiger partial charge in [0.05, 0.1) is 18.5 Å². The highest BCUT2D eigenvalue weighted by Gasteiger charge is 2.40. The lowest BCUT2D eigenvalue weighted by Crippen LogP contribution is -2.38. The number of carbonyl (C=O) groups excluding carboxylic acids is 1. The van der Waals surface area contributed by atoms with Crippen LogP contribution in [0, 0.1) is 18.8 Å². The number of rotatable bonds is 6. The molecule has 0 heterocycles. The summed E-state index contributed by atoms with van der Waals surface area (Å²) >= 11 is 0. The molecular formula is C23H28N2O3S. The molecule has 0 spiro atoms. The van der Waals surface area contributed by atoms with Crippen LogP contribution in [-0.2, 0) is 16.6 Å². The summed E-state index contributed by atoms with van der Waals surface area (Å²) in [6.07, 6.45) is 6.06. The molecule has 2 aromatic carbocycles. The Hall–Kier alpha value is -2.34. The normalized spacial score (nSPS) is 23.2. The second-order valence-electron chi connectivity index (χ2n) is 8.50. The predicted octanol–water partition coefficient (Wildman–Crippen LogP) is 3.88. The highest BCUT2D eigenvalue weighted by atomic mass is 32.2. The van der Waals surface area contributed by atoms with Crippen LogP contribution in [0.15, 0.2) is 48.5 Å². The summed E-state index contributed by atoms with van der Waals surface area (Å²) in [7, 11) is -3.46. The van der Waals surface area contributed by atoms with Gasteiger partial charge in [-0.3, -0.25) is 9.10 Å². The van der Waals surface area contributed by atoms with Gasteiger partial charge in [0, 0.05) is 11.6 Å². The lowest BCUT2D eigenvalue weighted by Gasteiger charge is -2.24. The summed E-state index contributed by atoms with van der Waals surface area (Å²) in [5, 5.41) is 3.18. The van der Waals surface area contributed by atoms with Gasteiger partial charge >= 0.3 is 0 Å². The summed E-state index contributed by atoms with van der Waals surface area (Å²) in [5.41, 5.74) is 3.13. The third-order valence-electron chi connectivity index (χ3n) is 6.45. The van der Waals surface area contributed by atoms with Crippen molar-refractivity contribution < 1.29 is 13.2 Å². The molecule has 2 fully saturated rings. The van der Waals surface area contributed by atoms with Crippen molar-refractivity contribution in [3.63, 3.8) is 0 Å². The van der Waals surface area contributed by atoms with Crippen LogP contribution in [0.5, 0.6) is 0 Å². The molecule has 4 rings (SSSR count). The van der Waals surface area contributed by atoms with E-state index in [2.05, 4.69) is 5.32 Å². The van der Waals surface area contributed by atoms with E-state index in [0.717, 1.165) is 23.5 Å². The fourth-order valence-corrected chi connectivity index (χ4v) is 5.67. The molecule has 29 heavy (non-hydrogen) atoms. The molecule has 2 aliphatic rings. The van der Waals surface area contributed by atoms with Crippen LogP contribution in [-0.4, -0.2) is 26.6 Å². The van der Waals surface area contributed by atoms with Gasteiger partial charge in [0.15, 0.2) is 0 Å². The molecule has 5 nitrogen and oxygen atoms in total. The van der Waals surface area contributed by atoms with Crippen molar-refractivity contribution >= 4 is 21.6 Å². The van der Waals surface area contributed by atoms with Crippen molar-refractivity contribution in [1.82, 2.24) is 5.32 Å². The van der Waals surface area contributed by atoms with Gasteiger partial charge in [0.2, 0.25) is 10.0 Å². The summed E-state index contributed by atoms with van der Waals surface area (Å²) in [6, 6.07) is 14.9. The van der Waals surface area contributed by atoms with Crippen LogP contribution in [0.1, 0.15) is 47.2 Å². The number of nitrogens with zero attached hydrogens (tertiary/aromatic N) is 1. The van der Waals surface area contributed by atoms with Crippen molar-refractivity contribution in [3.05, 3.63) is 65.2 Å². The van der Waals surface area contributed by atoms with E-state index in [1.165, 1.54) is 29.8 Å². The molecule has 2 aliphatic carbocycles. The number of nitrogens with one attached hydrogen (secondary N) is 1. The lowest BCUT2D eigenvalue weighted by molar-refractivity contribution is 0.0923. The van der Waals surface area contributed by atoms with E-state index < -0.39 is 10.0 Å². The molecular weight excluding hydrogens is 384 g/mol. The molecule has 2 saturated carbocycles. The van der Waals surface area contributed by atoms with Crippen molar-refractivity contribution in [2.45, 2.75) is 45.2 Å². The minimum absolute atomic E-state index is 0.0705. The van der Waals surface area contributed by atoms with Gasteiger partial charge in [-0.05, 0) is 73.4 Å². The summed E-state index contributed by atoms with van der Waals surface area (Å²) in [6.45, 7) is 2.24. The first-order chi connectivity index (χ1) is 13.8. The van der Waals surface area contributed by atoms with E-state index in [-0.39, 0.29) is 18.5 Å². The van der Waals surface area contributed by atoms with E-state index in [4.69, 9.17) is 0 Å². The smallest absolute Gasteiger partial charge is 0.251 e. The van der Waals surface area contributed by atoms with Gasteiger partial charge in [-0.1, -0.05) is 30.7 Å². The molecule has 0 radical (unpaired) electrons. The minimum Gasteiger partial charge on any atom is -0.349 e. The molecule has 1 N–H and O–H groups in total. The van der Waals surface area contributed by atoms with Gasteiger partial charge < -0.3 is 5.32 Å². The Bertz CT molecular complexity index is 1000. The molecule has 1 amide bonds. The number of sulfonamides is 1. The first-order valence-corrected chi connectivity index (χ1v) is 12.1. The maximum Gasteiger partial charge on any atom is 0.251 e. The first-order valence-electron chi connectivity index (χ1n) is 10.2. The molecule has 2 aromatic rings. The highest BCUT2D eigenvalue weighted by Crippen LogP contribution is 2.44. The molecule has 6 heteroatoms. The molecule has 154 valence electrons. The Balaban J connectivity index is 1.50. The zero-order valence-corrected chi connectivity index (χ0v) is 17.8. The van der Waals surface area contributed by atoms with Crippen LogP contribution < -0.4 is 9.62 Å². The number of aryl methyl sites for hydroxylation is 1. The third-order valence-corrected chi connectivity index (χ3v) is 7.59. The Morgan fingerprint density at radius 3 is 2.38 bits per heavy atom. The molecule has 0 aliphatic heterocycles. The standard InChI is InChI=1S/C23H28N2O3S/c1-16-5-3-4-6-20(16)15-25(29(2,27)28)21-11-9-18(10-12-21)23(26)24-22-14-17-7-8-19(22)13-17/h3-6,9-12,17,19,22H,7-8,13-15H2,1-2H3,(H,24,26)/t17-,19+,22+/m0/s1. The number of benzene rings is 2. The molecule has 2 bridgehead atoms. The Morgan fingerprint density at radius 2 is 1.79 bits per heavy atom. The lowest BCUT2D eigenvalue weighted by atomic mass is 9.95. The zero-order chi connectivity index (χ0) is 20.6. The largest absolute Gasteiger partial charge is 0.349 e. The Morgan fingerprint density at radius 1 is 1.07 bits per heavy atom. The SMILES string of the molecule is Cc1ccccc1CN(c1ccc(C(=O)N[C@@H]2C[C@H]3CC[C@@H]2C3)cc1)S(C)(=O)=O. The van der Waals surface area contributed by atoms with Crippen LogP contribution in [0.3, 0.4) is 0 Å². The summed E-state index contributed by atoms with van der Waals surface area (Å²) in [4.78, 5) is 12.6. The quantitative estimate of drug-likeness (QED) is 0.783. The van der Waals surface area contributed by atoms with Crippen LogP contribution >= 0.6 is 0 Å². The number of hydrogen-bond acceptors (Lipinski definition) is 3. The molecule has 0 unspecified atom stereocenters. The van der Waals surface area contributed by atoms with Gasteiger partial charge in [-0.25, -0.2) is 8.42 Å². The minimum atomic E-state index is -3.46. The van der Waals surface area contributed by atoms with Crippen molar-refractivity contribution in [1.29, 1.82) is 0 Å². The number of anilines is 1. The van der Waals surface area contributed by atoms with E-state index in [1.54, 1.807) is 24.3 Å². The third kappa shape index (κ3) is 4.32. The van der Waals surface area contributed by atoms with Crippen LogP contribution in [0.4, 0.5) is 5.69 Å². The number of carbonyl (C=O) groups is 1. The van der Waals surface area contributed by atoms with Crippen LogP contribution in [0.25, 0.3) is 0 Å². The highest BCUT2D eigenvalue weighted by molar-refractivity contribution is 7.92. The molecule has 3 atom stereocenters. The predicted molar refractivity (Wildman–Crippen MR) is 115 cm³/mol. The summed E-state index contributed by atoms with van der Waals surface area (Å²) < 4.78 is 26.2. The van der Waals surface area contributed by atoms with Crippen molar-refractivity contribution in [2.75, 3.05) is 10.6 Å². The monoisotopic (exact) mass is 412 g/mol. The zero-order valence-electron chi connectivity index (χ0n) is 17.0. The van der Waals surface area contributed by atoms with E-state index in [1.807, 2.05) is 31.2 Å². The van der Waals surface area contributed by atoms with Gasteiger partial charge in [0.25, 0.3) is 5.91 Å². The maximum absolute atomic E-state index is 12.6. The van der Waals surface area contributed by atoms with Gasteiger partial charge in [-0.2, -0.15) is 0 Å². The first kappa shape index (κ1) is 20.0.